The average molecular weight is 946 g/mol. The zero-order valence-corrected chi connectivity index (χ0v) is 43.4. The minimum absolute atomic E-state index is 0. The molecule has 5 rings (SSSR count). The second kappa shape index (κ2) is 20.1. The van der Waals surface area contributed by atoms with Crippen molar-refractivity contribution in [3.63, 3.8) is 0 Å². The number of hydrogen-bond acceptors (Lipinski definition) is 10. The molecule has 63 heavy (non-hydrogen) atoms. The highest BCUT2D eigenvalue weighted by Gasteiger charge is 2.63. The van der Waals surface area contributed by atoms with E-state index in [0.717, 1.165) is 32.2 Å². The Balaban J connectivity index is 0.000000331. The predicted octanol–water partition coefficient (Wildman–Crippen LogP) is 11.1. The van der Waals surface area contributed by atoms with Crippen molar-refractivity contribution in [2.24, 2.45) is 0 Å². The lowest BCUT2D eigenvalue weighted by atomic mass is 9.49. The van der Waals surface area contributed by atoms with E-state index in [0.29, 0.717) is 0 Å². The van der Waals surface area contributed by atoms with Gasteiger partial charge in [0.25, 0.3) is 0 Å². The molecule has 3 aliphatic rings. The number of aryl methyl sites for hydroxylation is 2. The topological polar surface area (TPSA) is 132 Å². The van der Waals surface area contributed by atoms with E-state index in [1.165, 1.54) is 0 Å². The first-order valence-corrected chi connectivity index (χ1v) is 22.5. The highest BCUT2D eigenvalue weighted by atomic mass is 79.9. The van der Waals surface area contributed by atoms with Crippen LogP contribution in [-0.2, 0) is 37.4 Å². The van der Waals surface area contributed by atoms with Crippen molar-refractivity contribution in [3.05, 3.63) is 63.1 Å². The number of rotatable bonds is 6. The Kier molecular flexibility index (Phi) is 18.0. The molecule has 2 aromatic rings. The number of alkyl carbamates (subject to hydrolysis) is 2. The van der Waals surface area contributed by atoms with Gasteiger partial charge in [0, 0.05) is 4.47 Å². The quantitative estimate of drug-likeness (QED) is 0.270. The number of carbonyl (C=O) groups is 2. The second-order valence-electron chi connectivity index (χ2n) is 21.7. The molecule has 2 amide bonds. The lowest BCUT2D eigenvalue weighted by Crippen LogP contribution is -2.41. The fourth-order valence-electron chi connectivity index (χ4n) is 6.56. The van der Waals surface area contributed by atoms with Gasteiger partial charge in [0.1, 0.15) is 11.2 Å². The van der Waals surface area contributed by atoms with Crippen LogP contribution in [-0.4, -0.2) is 78.1 Å². The van der Waals surface area contributed by atoms with E-state index >= 15 is 0 Å². The first-order chi connectivity index (χ1) is 27.8. The standard InChI is InChI=1S/C20H32BNO4.C14H20BrNO2.C12H24B2O4.CH4/c1-13-12-15(21-25-19(6,7)20(8,9)26-21)10-11-16(13)14(2)22-17(23)24-18(3,4)5;1-9-8-11(15)6-7-12(9)10(2)16-13(17)18-14(3,4)5;1-9(2)10(3,4)16-13(15-9)14-17-11(5,6)12(7,8)18-14;/h10-12,14H,1-9H3,(H,22,23);6-8,10H,1-5H3,(H,16,17);1-8H3;1H4/t14-;10-;;/m11../s1. The molecule has 0 saturated carbocycles. The van der Waals surface area contributed by atoms with Gasteiger partial charge in [0.05, 0.1) is 45.7 Å². The SMILES string of the molecule is C.CC1(C)OB(B2OC(C)(C)C(C)(C)O2)OC1(C)C.Cc1cc(B2OC(C)(C)C(C)(C)O2)ccc1[C@@H](C)NC(=O)OC(C)(C)C.Cc1cc(Br)ccc1[C@@H](C)NC(=O)OC(C)(C)C. The molecule has 3 heterocycles. The number of hydrogen-bond donors (Lipinski definition) is 2. The smallest absolute Gasteiger partial charge is 0.444 e. The zero-order valence-electron chi connectivity index (χ0n) is 41.8. The van der Waals surface area contributed by atoms with Crippen molar-refractivity contribution in [1.29, 1.82) is 0 Å². The molecule has 0 bridgehead atoms. The number of benzene rings is 2. The van der Waals surface area contributed by atoms with Crippen molar-refractivity contribution in [3.8, 4) is 0 Å². The minimum atomic E-state index is -0.514. The van der Waals surface area contributed by atoms with Gasteiger partial charge in [0.2, 0.25) is 0 Å². The fourth-order valence-corrected chi connectivity index (χ4v) is 7.03. The molecule has 12 nitrogen and oxygen atoms in total. The molecule has 3 fully saturated rings. The van der Waals surface area contributed by atoms with E-state index in [4.69, 9.17) is 37.4 Å². The van der Waals surface area contributed by atoms with Gasteiger partial charge in [-0.25, -0.2) is 9.59 Å². The molecule has 0 aliphatic carbocycles. The average Bonchev–Trinajstić information content (AvgIpc) is 3.52. The van der Waals surface area contributed by atoms with Gasteiger partial charge < -0.3 is 48.0 Å². The molecule has 2 N–H and O–H groups in total. The van der Waals surface area contributed by atoms with Gasteiger partial charge >= 0.3 is 33.3 Å². The maximum atomic E-state index is 12.0. The Hall–Kier alpha value is -2.59. The third kappa shape index (κ3) is 15.0. The maximum absolute atomic E-state index is 12.0. The van der Waals surface area contributed by atoms with E-state index in [1.54, 1.807) is 0 Å². The van der Waals surface area contributed by atoms with E-state index in [9.17, 15) is 9.59 Å². The van der Waals surface area contributed by atoms with Crippen LogP contribution in [0.4, 0.5) is 9.59 Å². The predicted molar refractivity (Wildman–Crippen MR) is 260 cm³/mol. The summed E-state index contributed by atoms with van der Waals surface area (Å²) in [5, 5.41) is 5.72. The minimum Gasteiger partial charge on any atom is -0.444 e. The summed E-state index contributed by atoms with van der Waals surface area (Å²) in [6.45, 7) is 43.4. The van der Waals surface area contributed by atoms with E-state index < -0.39 is 37.4 Å². The van der Waals surface area contributed by atoms with Crippen molar-refractivity contribution in [2.45, 2.75) is 217 Å². The number of nitrogens with one attached hydrogen (secondary N) is 2. The monoisotopic (exact) mass is 945 g/mol. The summed E-state index contributed by atoms with van der Waals surface area (Å²) in [4.78, 5) is 23.7. The Bertz CT molecular complexity index is 1810. The molecule has 3 saturated heterocycles. The Morgan fingerprint density at radius 2 is 0.857 bits per heavy atom. The lowest BCUT2D eigenvalue weighted by Gasteiger charge is -2.32. The number of carbonyl (C=O) groups excluding carboxylic acids is 2. The van der Waals surface area contributed by atoms with Gasteiger partial charge in [0.15, 0.2) is 0 Å². The molecule has 0 spiro atoms. The van der Waals surface area contributed by atoms with Crippen LogP contribution in [0.2, 0.25) is 0 Å². The van der Waals surface area contributed by atoms with Gasteiger partial charge in [-0.05, 0) is 192 Å². The van der Waals surface area contributed by atoms with E-state index in [-0.39, 0.29) is 60.2 Å². The summed E-state index contributed by atoms with van der Waals surface area (Å²) in [6.07, 6.45) is -0.809. The molecule has 2 aromatic carbocycles. The first-order valence-electron chi connectivity index (χ1n) is 21.7. The van der Waals surface area contributed by atoms with E-state index in [2.05, 4.69) is 32.6 Å². The van der Waals surface area contributed by atoms with Crippen LogP contribution in [0.25, 0.3) is 0 Å². The van der Waals surface area contributed by atoms with Crippen LogP contribution in [0.3, 0.4) is 0 Å². The Labute approximate surface area is 390 Å². The van der Waals surface area contributed by atoms with Gasteiger partial charge in [-0.1, -0.05) is 47.6 Å². The van der Waals surface area contributed by atoms with Crippen molar-refractivity contribution in [2.75, 3.05) is 0 Å². The van der Waals surface area contributed by atoms with Crippen LogP contribution in [0.15, 0.2) is 40.9 Å². The highest BCUT2D eigenvalue weighted by molar-refractivity contribution is 9.10. The van der Waals surface area contributed by atoms with Crippen LogP contribution in [0, 0.1) is 13.8 Å². The number of ether oxygens (including phenoxy) is 2. The van der Waals surface area contributed by atoms with Crippen molar-refractivity contribution in [1.82, 2.24) is 10.6 Å². The van der Waals surface area contributed by atoms with Gasteiger partial charge in [-0.2, -0.15) is 0 Å². The van der Waals surface area contributed by atoms with Crippen LogP contribution >= 0.6 is 15.9 Å². The van der Waals surface area contributed by atoms with Crippen LogP contribution < -0.4 is 16.1 Å². The molecule has 0 aromatic heterocycles. The molecular formula is C47H80B3BrN2O10. The van der Waals surface area contributed by atoms with Gasteiger partial charge in [-0.15, -0.1) is 0 Å². The van der Waals surface area contributed by atoms with E-state index in [1.807, 2.05) is 183 Å². The first kappa shape index (κ1) is 56.5. The number of halogens is 1. The molecule has 3 aliphatic heterocycles. The molecule has 2 atom stereocenters. The third-order valence-electron chi connectivity index (χ3n) is 12.2. The molecular weight excluding hydrogens is 865 g/mol. The third-order valence-corrected chi connectivity index (χ3v) is 12.7. The second-order valence-corrected chi connectivity index (χ2v) is 22.6. The van der Waals surface area contributed by atoms with Crippen LogP contribution in [0.5, 0.6) is 0 Å². The number of amides is 2. The zero-order chi connectivity index (χ0) is 47.8. The highest BCUT2D eigenvalue weighted by Crippen LogP contribution is 2.43. The normalized spacial score (nSPS) is 21.1. The summed E-state index contributed by atoms with van der Waals surface area (Å²) in [5.41, 5.74) is 2.15. The Morgan fingerprint density at radius 1 is 0.556 bits per heavy atom. The lowest BCUT2D eigenvalue weighted by molar-refractivity contribution is 0.00578. The summed E-state index contributed by atoms with van der Waals surface area (Å²) < 4.78 is 47.7. The summed E-state index contributed by atoms with van der Waals surface area (Å²) >= 11 is 3.42. The fraction of sp³-hybridized carbons (Fsp3) is 0.702. The Morgan fingerprint density at radius 3 is 1.16 bits per heavy atom. The molecule has 0 unspecified atom stereocenters. The molecule has 354 valence electrons. The van der Waals surface area contributed by atoms with Crippen LogP contribution in [0.1, 0.15) is 180 Å². The summed E-state index contributed by atoms with van der Waals surface area (Å²) in [6, 6.07) is 11.8. The van der Waals surface area contributed by atoms with Crippen molar-refractivity contribution < 1.29 is 47.0 Å². The van der Waals surface area contributed by atoms with Gasteiger partial charge in [-0.3, -0.25) is 0 Å². The molecule has 0 radical (unpaired) electrons. The maximum Gasteiger partial charge on any atom is 0.494 e. The van der Waals surface area contributed by atoms with Crippen molar-refractivity contribution >= 4 is 54.7 Å². The molecule has 16 heteroatoms. The summed E-state index contributed by atoms with van der Waals surface area (Å²) in [7, 11) is -1.34. The largest absolute Gasteiger partial charge is 0.494 e. The summed E-state index contributed by atoms with van der Waals surface area (Å²) in [5.74, 6) is 0.